The van der Waals surface area contributed by atoms with Gasteiger partial charge in [0, 0.05) is 27.2 Å². The predicted molar refractivity (Wildman–Crippen MR) is 116 cm³/mol. The minimum absolute atomic E-state index is 0.0467. The summed E-state index contributed by atoms with van der Waals surface area (Å²) in [5.74, 6) is 0.139. The number of hydrazone groups is 1. The van der Waals surface area contributed by atoms with Crippen LogP contribution in [0.4, 0.5) is 5.95 Å². The number of pyridine rings is 1. The van der Waals surface area contributed by atoms with Gasteiger partial charge in [-0.2, -0.15) is 10.4 Å². The highest BCUT2D eigenvalue weighted by molar-refractivity contribution is 9.10. The van der Waals surface area contributed by atoms with Crippen molar-refractivity contribution >= 4 is 39.0 Å². The van der Waals surface area contributed by atoms with Crippen molar-refractivity contribution in [3.8, 4) is 17.3 Å². The Hall–Kier alpha value is -3.83. The third kappa shape index (κ3) is 3.90. The van der Waals surface area contributed by atoms with Gasteiger partial charge in [-0.3, -0.25) is 14.8 Å². The Bertz CT molecular complexity index is 1320. The Balaban J connectivity index is 1.67. The van der Waals surface area contributed by atoms with Crippen LogP contribution >= 0.6 is 15.9 Å². The smallest absolute Gasteiger partial charge is 0.270 e. The van der Waals surface area contributed by atoms with Crippen LogP contribution in [0.1, 0.15) is 11.1 Å². The van der Waals surface area contributed by atoms with Crippen molar-refractivity contribution in [2.75, 3.05) is 5.43 Å². The number of anilines is 1. The van der Waals surface area contributed by atoms with Gasteiger partial charge in [0.2, 0.25) is 5.95 Å². The van der Waals surface area contributed by atoms with E-state index >= 15 is 0 Å². The maximum absolute atomic E-state index is 12.3. The fourth-order valence-corrected chi connectivity index (χ4v) is 3.21. The molecule has 0 saturated heterocycles. The van der Waals surface area contributed by atoms with Crippen molar-refractivity contribution in [2.45, 2.75) is 0 Å². The molecular weight excluding hydrogens is 432 g/mol. The first-order valence-corrected chi connectivity index (χ1v) is 9.38. The zero-order chi connectivity index (χ0) is 20.2. The predicted octanol–water partition coefficient (Wildman–Crippen LogP) is 4.07. The van der Waals surface area contributed by atoms with Gasteiger partial charge in [0.1, 0.15) is 11.6 Å². The number of para-hydroxylation sites is 1. The molecule has 2 heterocycles. The molecule has 2 aromatic carbocycles. The van der Waals surface area contributed by atoms with E-state index in [1.807, 2.05) is 48.5 Å². The van der Waals surface area contributed by atoms with E-state index in [4.69, 9.17) is 0 Å². The van der Waals surface area contributed by atoms with E-state index in [9.17, 15) is 10.1 Å². The van der Waals surface area contributed by atoms with Crippen LogP contribution < -0.4 is 11.0 Å². The van der Waals surface area contributed by atoms with Crippen molar-refractivity contribution in [3.63, 3.8) is 0 Å². The fraction of sp³-hybridized carbons (Fsp3) is 0. The quantitative estimate of drug-likeness (QED) is 0.364. The molecule has 4 aromatic rings. The molecule has 2 N–H and O–H groups in total. The van der Waals surface area contributed by atoms with Gasteiger partial charge in [0.15, 0.2) is 0 Å². The number of H-pyrrole nitrogens is 1. The zero-order valence-electron chi connectivity index (χ0n) is 14.9. The molecule has 0 aliphatic carbocycles. The van der Waals surface area contributed by atoms with Crippen LogP contribution in [-0.2, 0) is 0 Å². The molecule has 7 nitrogen and oxygen atoms in total. The van der Waals surface area contributed by atoms with Crippen molar-refractivity contribution in [1.29, 1.82) is 5.26 Å². The lowest BCUT2D eigenvalue weighted by Gasteiger charge is -2.06. The molecule has 0 amide bonds. The molecule has 0 saturated carbocycles. The summed E-state index contributed by atoms with van der Waals surface area (Å²) in [6, 6.07) is 18.7. The molecule has 0 unspecified atom stereocenters. The number of nitriles is 1. The maximum Gasteiger partial charge on any atom is 0.270 e. The zero-order valence-corrected chi connectivity index (χ0v) is 16.5. The lowest BCUT2D eigenvalue weighted by molar-refractivity contribution is 1.08. The van der Waals surface area contributed by atoms with Crippen molar-refractivity contribution in [1.82, 2.24) is 15.0 Å². The molecule has 140 valence electrons. The van der Waals surface area contributed by atoms with Gasteiger partial charge in [-0.15, -0.1) is 0 Å². The number of hydrogen-bond donors (Lipinski definition) is 2. The van der Waals surface area contributed by atoms with Crippen LogP contribution in [0.3, 0.4) is 0 Å². The lowest BCUT2D eigenvalue weighted by atomic mass is 10.1. The molecule has 0 atom stereocenters. The lowest BCUT2D eigenvalue weighted by Crippen LogP contribution is -2.16. The van der Waals surface area contributed by atoms with E-state index in [1.54, 1.807) is 24.5 Å². The fourth-order valence-electron chi connectivity index (χ4n) is 2.86. The largest absolute Gasteiger partial charge is 0.290 e. The van der Waals surface area contributed by atoms with Crippen LogP contribution in [0.2, 0.25) is 0 Å². The number of rotatable bonds is 4. The Morgan fingerprint density at radius 3 is 2.79 bits per heavy atom. The van der Waals surface area contributed by atoms with Crippen molar-refractivity contribution in [2.24, 2.45) is 5.10 Å². The molecule has 0 bridgehead atoms. The number of halogens is 1. The van der Waals surface area contributed by atoms with Crippen LogP contribution in [0.25, 0.3) is 22.2 Å². The maximum atomic E-state index is 12.3. The summed E-state index contributed by atoms with van der Waals surface area (Å²) >= 11 is 3.41. The number of aromatic amines is 1. The van der Waals surface area contributed by atoms with E-state index in [1.165, 1.54) is 0 Å². The standard InChI is InChI=1S/C21H13BrN6O/c22-16-9-14-7-4-8-15(18(14)24-12-16)11-25-28-21-26-19(13-5-2-1-3-6-13)17(10-23)20(29)27-21/h1-9,11-12H,(H2,26,27,28,29). The Kier molecular flexibility index (Phi) is 5.14. The molecule has 0 aliphatic rings. The van der Waals surface area contributed by atoms with Crippen LogP contribution in [0.5, 0.6) is 0 Å². The topological polar surface area (TPSA) is 107 Å². The SMILES string of the molecule is N#Cc1c(-c2ccccc2)nc(NN=Cc2cccc3cc(Br)cnc23)[nH]c1=O. The number of aromatic nitrogens is 3. The van der Waals surface area contributed by atoms with Gasteiger partial charge < -0.3 is 0 Å². The highest BCUT2D eigenvalue weighted by Crippen LogP contribution is 2.20. The molecule has 29 heavy (non-hydrogen) atoms. The second-order valence-electron chi connectivity index (χ2n) is 6.06. The molecule has 0 aliphatic heterocycles. The molecule has 0 radical (unpaired) electrons. The Morgan fingerprint density at radius 1 is 1.17 bits per heavy atom. The average molecular weight is 445 g/mol. The average Bonchev–Trinajstić information content (AvgIpc) is 2.74. The molecule has 0 fully saturated rings. The van der Waals surface area contributed by atoms with Crippen molar-refractivity contribution < 1.29 is 0 Å². The minimum Gasteiger partial charge on any atom is -0.290 e. The van der Waals surface area contributed by atoms with Crippen LogP contribution in [0.15, 0.2) is 75.2 Å². The summed E-state index contributed by atoms with van der Waals surface area (Å²) in [4.78, 5) is 23.6. The van der Waals surface area contributed by atoms with Gasteiger partial charge in [0.05, 0.1) is 17.4 Å². The monoisotopic (exact) mass is 444 g/mol. The van der Waals surface area contributed by atoms with E-state index in [0.717, 1.165) is 20.9 Å². The summed E-state index contributed by atoms with van der Waals surface area (Å²) in [5.41, 5.74) is 4.72. The third-order valence-electron chi connectivity index (χ3n) is 4.16. The highest BCUT2D eigenvalue weighted by atomic mass is 79.9. The molecule has 2 aromatic heterocycles. The number of benzene rings is 2. The normalized spacial score (nSPS) is 10.9. The van der Waals surface area contributed by atoms with Gasteiger partial charge in [-0.25, -0.2) is 10.4 Å². The summed E-state index contributed by atoms with van der Waals surface area (Å²) in [7, 11) is 0. The number of fused-ring (bicyclic) bond motifs is 1. The second-order valence-corrected chi connectivity index (χ2v) is 6.97. The van der Waals surface area contributed by atoms with Gasteiger partial charge >= 0.3 is 0 Å². The van der Waals surface area contributed by atoms with E-state index in [-0.39, 0.29) is 11.5 Å². The van der Waals surface area contributed by atoms with Crippen molar-refractivity contribution in [3.05, 3.63) is 86.7 Å². The number of nitrogens with zero attached hydrogens (tertiary/aromatic N) is 4. The van der Waals surface area contributed by atoms with Gasteiger partial charge in [-0.05, 0) is 22.0 Å². The Morgan fingerprint density at radius 2 is 2.00 bits per heavy atom. The third-order valence-corrected chi connectivity index (χ3v) is 4.60. The highest BCUT2D eigenvalue weighted by Gasteiger charge is 2.12. The van der Waals surface area contributed by atoms with Crippen LogP contribution in [-0.4, -0.2) is 21.2 Å². The summed E-state index contributed by atoms with van der Waals surface area (Å²) in [6.45, 7) is 0. The summed E-state index contributed by atoms with van der Waals surface area (Å²) in [5, 5.41) is 14.5. The molecule has 8 heteroatoms. The summed E-state index contributed by atoms with van der Waals surface area (Å²) < 4.78 is 0.894. The summed E-state index contributed by atoms with van der Waals surface area (Å²) in [6.07, 6.45) is 3.32. The number of hydrogen-bond acceptors (Lipinski definition) is 6. The second kappa shape index (κ2) is 8.04. The van der Waals surface area contributed by atoms with Crippen LogP contribution in [0, 0.1) is 11.3 Å². The Labute approximate surface area is 173 Å². The molecule has 4 rings (SSSR count). The first-order chi connectivity index (χ1) is 14.2. The molecular formula is C21H13BrN6O. The van der Waals surface area contributed by atoms with Gasteiger partial charge in [0.25, 0.3) is 5.56 Å². The number of nitrogens with one attached hydrogen (secondary N) is 2. The van der Waals surface area contributed by atoms with E-state index in [0.29, 0.717) is 11.3 Å². The first kappa shape index (κ1) is 18.5. The molecule has 0 spiro atoms. The van der Waals surface area contributed by atoms with E-state index in [2.05, 4.69) is 41.4 Å². The van der Waals surface area contributed by atoms with Gasteiger partial charge in [-0.1, -0.05) is 48.5 Å². The first-order valence-electron chi connectivity index (χ1n) is 8.59. The van der Waals surface area contributed by atoms with E-state index < -0.39 is 5.56 Å². The minimum atomic E-state index is -0.532.